The maximum absolute atomic E-state index is 11.4. The Balaban J connectivity index is 1.94. The van der Waals surface area contributed by atoms with Crippen molar-refractivity contribution < 1.29 is 9.53 Å². The van der Waals surface area contributed by atoms with Gasteiger partial charge in [-0.3, -0.25) is 4.79 Å². The summed E-state index contributed by atoms with van der Waals surface area (Å²) in [5.74, 6) is 0.198. The summed E-state index contributed by atoms with van der Waals surface area (Å²) in [6, 6.07) is 0.897. The number of rotatable bonds is 9. The van der Waals surface area contributed by atoms with Gasteiger partial charge in [0.05, 0.1) is 6.61 Å². The molecule has 0 aromatic rings. The van der Waals surface area contributed by atoms with Gasteiger partial charge in [0.15, 0.2) is 0 Å². The maximum Gasteiger partial charge on any atom is 0.220 e. The fraction of sp³-hybridized carbons (Fsp3) is 0.917. The van der Waals surface area contributed by atoms with E-state index in [4.69, 9.17) is 4.74 Å². The molecule has 0 aromatic carbocycles. The van der Waals surface area contributed by atoms with Crippen LogP contribution >= 0.6 is 0 Å². The highest BCUT2D eigenvalue weighted by Gasteiger charge is 2.22. The number of carbonyl (C=O) groups excluding carboxylic acids is 1. The number of amides is 1. The molecule has 0 saturated heterocycles. The minimum Gasteiger partial charge on any atom is -0.383 e. The summed E-state index contributed by atoms with van der Waals surface area (Å²) >= 11 is 0. The third kappa shape index (κ3) is 6.08. The molecule has 0 radical (unpaired) electrons. The van der Waals surface area contributed by atoms with Crippen molar-refractivity contribution in [1.29, 1.82) is 0 Å². The Morgan fingerprint density at radius 1 is 1.50 bits per heavy atom. The number of methoxy groups -OCH3 is 1. The molecule has 1 saturated carbocycles. The number of hydrogen-bond acceptors (Lipinski definition) is 3. The first-order valence-electron chi connectivity index (χ1n) is 6.28. The molecule has 0 spiro atoms. The monoisotopic (exact) mass is 228 g/mol. The van der Waals surface area contributed by atoms with E-state index in [-0.39, 0.29) is 5.91 Å². The van der Waals surface area contributed by atoms with Crippen molar-refractivity contribution in [2.45, 2.75) is 51.1 Å². The zero-order valence-corrected chi connectivity index (χ0v) is 10.4. The summed E-state index contributed by atoms with van der Waals surface area (Å²) in [5, 5.41) is 6.38. The number of carbonyl (C=O) groups is 1. The Kier molecular flexibility index (Phi) is 6.42. The quantitative estimate of drug-likeness (QED) is 0.580. The Hall–Kier alpha value is -0.610. The van der Waals surface area contributed by atoms with Gasteiger partial charge in [-0.2, -0.15) is 0 Å². The fourth-order valence-electron chi connectivity index (χ4n) is 1.60. The number of ether oxygens (including phenoxy) is 1. The third-order valence-electron chi connectivity index (χ3n) is 2.82. The molecule has 1 rings (SSSR count). The Morgan fingerprint density at radius 3 is 2.81 bits per heavy atom. The van der Waals surface area contributed by atoms with Gasteiger partial charge in [0.1, 0.15) is 0 Å². The van der Waals surface area contributed by atoms with E-state index in [2.05, 4.69) is 17.6 Å². The Morgan fingerprint density at radius 2 is 2.25 bits per heavy atom. The van der Waals surface area contributed by atoms with E-state index in [1.54, 1.807) is 7.11 Å². The molecule has 0 bridgehead atoms. The predicted octanol–water partition coefficient (Wildman–Crippen LogP) is 1.06. The normalized spacial score (nSPS) is 17.1. The predicted molar refractivity (Wildman–Crippen MR) is 64.4 cm³/mol. The van der Waals surface area contributed by atoms with Crippen molar-refractivity contribution >= 4 is 5.91 Å². The van der Waals surface area contributed by atoms with E-state index < -0.39 is 0 Å². The van der Waals surface area contributed by atoms with Crippen molar-refractivity contribution in [3.8, 4) is 0 Å². The lowest BCUT2D eigenvalue weighted by atomic mass is 10.2. The fourth-order valence-corrected chi connectivity index (χ4v) is 1.60. The lowest BCUT2D eigenvalue weighted by molar-refractivity contribution is -0.121. The molecule has 4 nitrogen and oxygen atoms in total. The van der Waals surface area contributed by atoms with Gasteiger partial charge in [-0.1, -0.05) is 6.92 Å². The molecule has 4 heteroatoms. The molecular weight excluding hydrogens is 204 g/mol. The van der Waals surface area contributed by atoms with Crippen molar-refractivity contribution in [3.05, 3.63) is 0 Å². The minimum absolute atomic E-state index is 0.198. The van der Waals surface area contributed by atoms with Crippen LogP contribution in [0.15, 0.2) is 0 Å². The van der Waals surface area contributed by atoms with Crippen molar-refractivity contribution in [2.24, 2.45) is 0 Å². The molecule has 2 N–H and O–H groups in total. The van der Waals surface area contributed by atoms with Gasteiger partial charge in [-0.25, -0.2) is 0 Å². The molecule has 16 heavy (non-hydrogen) atoms. The Labute approximate surface area is 98.1 Å². The average molecular weight is 228 g/mol. The number of nitrogens with one attached hydrogen (secondary N) is 2. The zero-order valence-electron chi connectivity index (χ0n) is 10.4. The minimum atomic E-state index is 0.198. The molecule has 0 heterocycles. The van der Waals surface area contributed by atoms with E-state index in [1.165, 1.54) is 0 Å². The van der Waals surface area contributed by atoms with Crippen LogP contribution in [0.4, 0.5) is 0 Å². The SMILES string of the molecule is CCC(COC)NCCCC(=O)NC1CC1. The second-order valence-corrected chi connectivity index (χ2v) is 4.46. The lowest BCUT2D eigenvalue weighted by Crippen LogP contribution is -2.34. The van der Waals surface area contributed by atoms with Crippen LogP contribution in [0.2, 0.25) is 0 Å². The van der Waals surface area contributed by atoms with E-state index in [1.807, 2.05) is 0 Å². The highest BCUT2D eigenvalue weighted by molar-refractivity contribution is 5.76. The van der Waals surface area contributed by atoms with Gasteiger partial charge in [-0.15, -0.1) is 0 Å². The molecule has 1 fully saturated rings. The molecule has 1 aliphatic rings. The van der Waals surface area contributed by atoms with Gasteiger partial charge in [-0.05, 0) is 32.2 Å². The van der Waals surface area contributed by atoms with Crippen molar-refractivity contribution in [1.82, 2.24) is 10.6 Å². The standard InChI is InChI=1S/C12H24N2O2/c1-3-10(9-16-2)13-8-4-5-12(15)14-11-6-7-11/h10-11,13H,3-9H2,1-2H3,(H,14,15). The van der Waals surface area contributed by atoms with Crippen LogP contribution in [0, 0.1) is 0 Å². The first-order valence-corrected chi connectivity index (χ1v) is 6.28. The second kappa shape index (κ2) is 7.63. The van der Waals surface area contributed by atoms with E-state index in [0.29, 0.717) is 18.5 Å². The van der Waals surface area contributed by atoms with Crippen LogP contribution in [0.1, 0.15) is 39.0 Å². The smallest absolute Gasteiger partial charge is 0.220 e. The topological polar surface area (TPSA) is 50.4 Å². The van der Waals surface area contributed by atoms with Crippen LogP contribution < -0.4 is 10.6 Å². The van der Waals surface area contributed by atoms with E-state index in [0.717, 1.165) is 38.8 Å². The summed E-state index contributed by atoms with van der Waals surface area (Å²) in [6.45, 7) is 3.77. The largest absolute Gasteiger partial charge is 0.383 e. The van der Waals surface area contributed by atoms with Crippen molar-refractivity contribution in [3.63, 3.8) is 0 Å². The van der Waals surface area contributed by atoms with Crippen LogP contribution in [-0.4, -0.2) is 38.3 Å². The highest BCUT2D eigenvalue weighted by Crippen LogP contribution is 2.18. The first kappa shape index (κ1) is 13.5. The first-order chi connectivity index (χ1) is 7.76. The summed E-state index contributed by atoms with van der Waals surface area (Å²) in [4.78, 5) is 11.4. The zero-order chi connectivity index (χ0) is 11.8. The molecule has 1 amide bonds. The van der Waals surface area contributed by atoms with Crippen LogP contribution in [-0.2, 0) is 9.53 Å². The average Bonchev–Trinajstić information content (AvgIpc) is 3.06. The summed E-state index contributed by atoms with van der Waals surface area (Å²) < 4.78 is 5.09. The lowest BCUT2D eigenvalue weighted by Gasteiger charge is -2.15. The highest BCUT2D eigenvalue weighted by atomic mass is 16.5. The maximum atomic E-state index is 11.4. The van der Waals surface area contributed by atoms with Crippen molar-refractivity contribution in [2.75, 3.05) is 20.3 Å². The summed E-state index contributed by atoms with van der Waals surface area (Å²) in [7, 11) is 1.72. The third-order valence-corrected chi connectivity index (χ3v) is 2.82. The molecule has 94 valence electrons. The molecule has 1 unspecified atom stereocenters. The van der Waals surface area contributed by atoms with Gasteiger partial charge >= 0.3 is 0 Å². The van der Waals surface area contributed by atoms with Crippen LogP contribution in [0.3, 0.4) is 0 Å². The van der Waals surface area contributed by atoms with E-state index >= 15 is 0 Å². The second-order valence-electron chi connectivity index (χ2n) is 4.46. The number of hydrogen-bond donors (Lipinski definition) is 2. The van der Waals surface area contributed by atoms with Gasteiger partial charge in [0.2, 0.25) is 5.91 Å². The molecular formula is C12H24N2O2. The molecule has 0 aromatic heterocycles. The Bertz CT molecular complexity index is 205. The van der Waals surface area contributed by atoms with Gasteiger partial charge in [0, 0.05) is 25.6 Å². The van der Waals surface area contributed by atoms with Crippen LogP contribution in [0.25, 0.3) is 0 Å². The van der Waals surface area contributed by atoms with Gasteiger partial charge < -0.3 is 15.4 Å². The van der Waals surface area contributed by atoms with E-state index in [9.17, 15) is 4.79 Å². The summed E-state index contributed by atoms with van der Waals surface area (Å²) in [5.41, 5.74) is 0. The molecule has 0 aliphatic heterocycles. The molecule has 1 aliphatic carbocycles. The van der Waals surface area contributed by atoms with Gasteiger partial charge in [0.25, 0.3) is 0 Å². The van der Waals surface area contributed by atoms with Crippen LogP contribution in [0.5, 0.6) is 0 Å². The molecule has 1 atom stereocenters. The summed E-state index contributed by atoms with van der Waals surface area (Å²) in [6.07, 6.45) is 4.92.